The van der Waals surface area contributed by atoms with Crippen molar-refractivity contribution in [3.63, 3.8) is 0 Å². The lowest BCUT2D eigenvalue weighted by atomic mass is 10.1. The van der Waals surface area contributed by atoms with E-state index in [2.05, 4.69) is 5.32 Å². The number of nitrogens with zero attached hydrogens (tertiary/aromatic N) is 2. The molecule has 158 valence electrons. The van der Waals surface area contributed by atoms with E-state index in [1.165, 1.54) is 38.4 Å². The largest absolute Gasteiger partial charge is 0.324 e. The highest BCUT2D eigenvalue weighted by Gasteiger charge is 2.23. The molecule has 1 amide bonds. The average Bonchev–Trinajstić information content (AvgIpc) is 2.61. The summed E-state index contributed by atoms with van der Waals surface area (Å²) in [5, 5.41) is 2.71. The number of amides is 1. The highest BCUT2D eigenvalue weighted by atomic mass is 32.2. The van der Waals surface area contributed by atoms with Gasteiger partial charge in [-0.1, -0.05) is 17.7 Å². The van der Waals surface area contributed by atoms with Crippen LogP contribution in [-0.2, 0) is 24.8 Å². The van der Waals surface area contributed by atoms with E-state index >= 15 is 0 Å². The van der Waals surface area contributed by atoms with Crippen molar-refractivity contribution in [2.75, 3.05) is 36.5 Å². The van der Waals surface area contributed by atoms with Gasteiger partial charge < -0.3 is 5.32 Å². The molecule has 0 heterocycles. The lowest BCUT2D eigenvalue weighted by Gasteiger charge is -2.22. The molecule has 0 spiro atoms. The molecule has 0 fully saturated rings. The van der Waals surface area contributed by atoms with E-state index in [0.717, 1.165) is 26.0 Å². The molecular formula is C19H25N3O5S2. The topological polar surface area (TPSA) is 104 Å². The zero-order valence-electron chi connectivity index (χ0n) is 17.0. The van der Waals surface area contributed by atoms with Crippen molar-refractivity contribution in [1.82, 2.24) is 4.31 Å². The third-order valence-electron chi connectivity index (χ3n) is 4.25. The zero-order chi connectivity index (χ0) is 22.0. The highest BCUT2D eigenvalue weighted by Crippen LogP contribution is 2.22. The number of sulfonamides is 2. The van der Waals surface area contributed by atoms with Gasteiger partial charge in [-0.25, -0.2) is 21.1 Å². The van der Waals surface area contributed by atoms with Gasteiger partial charge in [0, 0.05) is 19.8 Å². The average molecular weight is 440 g/mol. The van der Waals surface area contributed by atoms with Gasteiger partial charge in [-0.3, -0.25) is 9.10 Å². The van der Waals surface area contributed by atoms with E-state index in [1.807, 2.05) is 26.0 Å². The summed E-state index contributed by atoms with van der Waals surface area (Å²) < 4.78 is 50.8. The molecule has 0 unspecified atom stereocenters. The smallest absolute Gasteiger partial charge is 0.245 e. The Balaban J connectivity index is 2.27. The van der Waals surface area contributed by atoms with Gasteiger partial charge in [-0.2, -0.15) is 0 Å². The summed E-state index contributed by atoms with van der Waals surface area (Å²) in [6.45, 7) is 3.34. The first-order valence-electron chi connectivity index (χ1n) is 8.70. The molecule has 0 aliphatic carbocycles. The standard InChI is InChI=1S/C19H25N3O5S2/c1-14-6-11-18(15(2)12-14)20-19(23)13-22(28(5,24)25)16-7-9-17(10-8-16)29(26,27)21(3)4/h6-12H,13H2,1-5H3,(H,20,23). The van der Waals surface area contributed by atoms with E-state index in [-0.39, 0.29) is 10.6 Å². The molecule has 0 aliphatic rings. The molecule has 0 saturated heterocycles. The maximum Gasteiger partial charge on any atom is 0.245 e. The maximum atomic E-state index is 12.5. The summed E-state index contributed by atoms with van der Waals surface area (Å²) in [6.07, 6.45) is 0.988. The Hall–Kier alpha value is -2.43. The molecule has 0 bridgehead atoms. The number of anilines is 2. The molecular weight excluding hydrogens is 414 g/mol. The molecule has 2 aromatic carbocycles. The number of benzene rings is 2. The molecule has 10 heteroatoms. The van der Waals surface area contributed by atoms with Gasteiger partial charge in [0.25, 0.3) is 0 Å². The number of carbonyl (C=O) groups excluding carboxylic acids is 1. The predicted octanol–water partition coefficient (Wildman–Crippen LogP) is 1.96. The Morgan fingerprint density at radius 2 is 1.55 bits per heavy atom. The Kier molecular flexibility index (Phi) is 6.71. The number of hydrogen-bond donors (Lipinski definition) is 1. The van der Waals surface area contributed by atoms with Crippen LogP contribution in [0.25, 0.3) is 0 Å². The third-order valence-corrected chi connectivity index (χ3v) is 7.22. The van der Waals surface area contributed by atoms with Crippen molar-refractivity contribution >= 4 is 37.3 Å². The fraction of sp³-hybridized carbons (Fsp3) is 0.316. The minimum atomic E-state index is -3.77. The van der Waals surface area contributed by atoms with Crippen LogP contribution in [0.15, 0.2) is 47.4 Å². The van der Waals surface area contributed by atoms with E-state index < -0.39 is 32.5 Å². The van der Waals surface area contributed by atoms with Crippen molar-refractivity contribution in [3.8, 4) is 0 Å². The van der Waals surface area contributed by atoms with Crippen molar-refractivity contribution in [2.24, 2.45) is 0 Å². The molecule has 1 N–H and O–H groups in total. The predicted molar refractivity (Wildman–Crippen MR) is 114 cm³/mol. The van der Waals surface area contributed by atoms with E-state index in [1.54, 1.807) is 6.07 Å². The second kappa shape index (κ2) is 8.52. The molecule has 29 heavy (non-hydrogen) atoms. The summed E-state index contributed by atoms with van der Waals surface area (Å²) in [7, 11) is -4.60. The first-order valence-corrected chi connectivity index (χ1v) is 12.0. The Labute approximate surface area is 172 Å². The molecule has 0 saturated carbocycles. The number of nitrogens with one attached hydrogen (secondary N) is 1. The Bertz CT molecular complexity index is 1110. The van der Waals surface area contributed by atoms with Crippen LogP contribution in [0.1, 0.15) is 11.1 Å². The van der Waals surface area contributed by atoms with Crippen LogP contribution in [0, 0.1) is 13.8 Å². The zero-order valence-corrected chi connectivity index (χ0v) is 18.6. The number of carbonyl (C=O) groups is 1. The molecule has 0 aromatic heterocycles. The third kappa shape index (κ3) is 5.55. The van der Waals surface area contributed by atoms with E-state index in [9.17, 15) is 21.6 Å². The van der Waals surface area contributed by atoms with Crippen LogP contribution < -0.4 is 9.62 Å². The number of hydrogen-bond acceptors (Lipinski definition) is 5. The van der Waals surface area contributed by atoms with E-state index in [0.29, 0.717) is 5.69 Å². The van der Waals surface area contributed by atoms with Crippen molar-refractivity contribution in [2.45, 2.75) is 18.7 Å². The van der Waals surface area contributed by atoms with Crippen LogP contribution in [0.3, 0.4) is 0 Å². The van der Waals surface area contributed by atoms with Crippen LogP contribution >= 0.6 is 0 Å². The Morgan fingerprint density at radius 1 is 0.966 bits per heavy atom. The number of aryl methyl sites for hydroxylation is 2. The molecule has 2 rings (SSSR count). The molecule has 0 aliphatic heterocycles. The highest BCUT2D eigenvalue weighted by molar-refractivity contribution is 7.92. The quantitative estimate of drug-likeness (QED) is 0.710. The summed E-state index contributed by atoms with van der Waals surface area (Å²) in [4.78, 5) is 12.5. The van der Waals surface area contributed by atoms with Crippen LogP contribution in [-0.4, -0.2) is 53.9 Å². The van der Waals surface area contributed by atoms with Gasteiger partial charge in [0.2, 0.25) is 26.0 Å². The summed E-state index contributed by atoms with van der Waals surface area (Å²) >= 11 is 0. The van der Waals surface area contributed by atoms with Gasteiger partial charge in [-0.15, -0.1) is 0 Å². The van der Waals surface area contributed by atoms with Crippen LogP contribution in [0.5, 0.6) is 0 Å². The van der Waals surface area contributed by atoms with E-state index in [4.69, 9.17) is 0 Å². The lowest BCUT2D eigenvalue weighted by molar-refractivity contribution is -0.114. The molecule has 8 nitrogen and oxygen atoms in total. The first kappa shape index (κ1) is 22.9. The van der Waals surface area contributed by atoms with Crippen molar-refractivity contribution in [1.29, 1.82) is 0 Å². The van der Waals surface area contributed by atoms with Gasteiger partial charge in [0.15, 0.2) is 0 Å². The second-order valence-electron chi connectivity index (χ2n) is 6.92. The van der Waals surface area contributed by atoms with Crippen molar-refractivity contribution in [3.05, 3.63) is 53.6 Å². The minimum Gasteiger partial charge on any atom is -0.324 e. The minimum absolute atomic E-state index is 0.0273. The number of rotatable bonds is 7. The Morgan fingerprint density at radius 3 is 2.03 bits per heavy atom. The SMILES string of the molecule is Cc1ccc(NC(=O)CN(c2ccc(S(=O)(=O)N(C)C)cc2)S(C)(=O)=O)c(C)c1. The molecule has 0 atom stereocenters. The fourth-order valence-electron chi connectivity index (χ4n) is 2.67. The maximum absolute atomic E-state index is 12.5. The lowest BCUT2D eigenvalue weighted by Crippen LogP contribution is -2.37. The second-order valence-corrected chi connectivity index (χ2v) is 11.0. The first-order chi connectivity index (χ1) is 13.3. The van der Waals surface area contributed by atoms with Gasteiger partial charge in [-0.05, 0) is 49.7 Å². The fourth-order valence-corrected chi connectivity index (χ4v) is 4.43. The van der Waals surface area contributed by atoms with Crippen molar-refractivity contribution < 1.29 is 21.6 Å². The van der Waals surface area contributed by atoms with Gasteiger partial charge >= 0.3 is 0 Å². The summed E-state index contributed by atoms with van der Waals surface area (Å²) in [5.41, 5.74) is 2.70. The normalized spacial score (nSPS) is 12.1. The van der Waals surface area contributed by atoms with Gasteiger partial charge in [0.1, 0.15) is 6.54 Å². The molecule has 2 aromatic rings. The van der Waals surface area contributed by atoms with Crippen LogP contribution in [0.2, 0.25) is 0 Å². The summed E-state index contributed by atoms with van der Waals surface area (Å²) in [5.74, 6) is -0.507. The molecule has 0 radical (unpaired) electrons. The summed E-state index contributed by atoms with van der Waals surface area (Å²) in [6, 6.07) is 10.9. The van der Waals surface area contributed by atoms with Gasteiger partial charge in [0.05, 0.1) is 16.8 Å². The monoisotopic (exact) mass is 439 g/mol. The van der Waals surface area contributed by atoms with Crippen LogP contribution in [0.4, 0.5) is 11.4 Å².